The van der Waals surface area contributed by atoms with E-state index in [9.17, 15) is 0 Å². The summed E-state index contributed by atoms with van der Waals surface area (Å²) in [6.45, 7) is 0. The summed E-state index contributed by atoms with van der Waals surface area (Å²) < 4.78 is 0. The van der Waals surface area contributed by atoms with Gasteiger partial charge in [0.1, 0.15) is 0 Å². The molecule has 1 aliphatic carbocycles. The van der Waals surface area contributed by atoms with Crippen LogP contribution >= 0.6 is 0 Å². The molecular weight excluding hydrogens is 450 g/mol. The Hall–Kier alpha value is -0.432. The Kier molecular flexibility index (Phi) is 23.9. The molecule has 2 nitrogen and oxygen atoms in total. The first-order valence-electron chi connectivity index (χ1n) is 5.20. The third-order valence-corrected chi connectivity index (χ3v) is 1.49. The maximum absolute atomic E-state index is 3.78. The van der Waals surface area contributed by atoms with Gasteiger partial charge in [-0.2, -0.15) is 0 Å². The summed E-state index contributed by atoms with van der Waals surface area (Å²) in [5.74, 6) is 0. The largest absolute Gasteiger partial charge is 2.00 e. The fourth-order valence-electron chi connectivity index (χ4n) is 0.625. The molecule has 1 fully saturated rings. The van der Waals surface area contributed by atoms with Gasteiger partial charge >= 0.3 is 21.1 Å². The van der Waals surface area contributed by atoms with Crippen LogP contribution in [-0.2, 0) is 21.1 Å². The van der Waals surface area contributed by atoms with Gasteiger partial charge in [-0.1, -0.05) is 31.4 Å². The molecule has 2 aromatic rings. The molecule has 5 heteroatoms. The zero-order valence-electron chi connectivity index (χ0n) is 9.86. The molecule has 102 valence electrons. The molecule has 1 saturated carbocycles. The van der Waals surface area contributed by atoms with Crippen molar-refractivity contribution in [2.75, 3.05) is 0 Å². The van der Waals surface area contributed by atoms with Gasteiger partial charge < -0.3 is 24.8 Å². The third-order valence-electron chi connectivity index (χ3n) is 1.49. The van der Waals surface area contributed by atoms with E-state index in [2.05, 4.69) is 9.97 Å². The van der Waals surface area contributed by atoms with Gasteiger partial charge in [0.25, 0.3) is 0 Å². The van der Waals surface area contributed by atoms with Crippen LogP contribution in [0.5, 0.6) is 0 Å². The Labute approximate surface area is 136 Å². The average Bonchev–Trinajstić information content (AvgIpc) is 3.22. The van der Waals surface area contributed by atoms with Gasteiger partial charge in [-0.25, -0.2) is 0 Å². The Morgan fingerprint density at radius 2 is 0.778 bits per heavy atom. The summed E-state index contributed by atoms with van der Waals surface area (Å²) in [6.07, 6.45) is 11.5. The summed E-state index contributed by atoms with van der Waals surface area (Å²) in [4.78, 5) is 7.57. The standard InChI is InChI=1S/2C5H5N.C3H6.2ClH.Pt/c2*1-2-4-6-5-3-1;1-2-3-1;;;/h2*1-5H;1-3H2;2*1H;/q;;;;;+2/p-2. The van der Waals surface area contributed by atoms with Crippen molar-refractivity contribution in [3.63, 3.8) is 0 Å². The van der Waals surface area contributed by atoms with E-state index in [-0.39, 0.29) is 45.9 Å². The first-order valence-corrected chi connectivity index (χ1v) is 5.20. The van der Waals surface area contributed by atoms with Gasteiger partial charge in [0.15, 0.2) is 0 Å². The molecule has 0 radical (unpaired) electrons. The molecule has 2 heterocycles. The molecule has 0 spiro atoms. The van der Waals surface area contributed by atoms with Gasteiger partial charge in [0, 0.05) is 24.8 Å². The van der Waals surface area contributed by atoms with E-state index in [1.807, 2.05) is 36.4 Å². The van der Waals surface area contributed by atoms with Crippen molar-refractivity contribution in [3.05, 3.63) is 61.2 Å². The molecule has 0 aromatic carbocycles. The minimum absolute atomic E-state index is 0. The second kappa shape index (κ2) is 18.9. The van der Waals surface area contributed by atoms with Crippen LogP contribution in [0.25, 0.3) is 0 Å². The third kappa shape index (κ3) is 20.9. The predicted octanol–water partition coefficient (Wildman–Crippen LogP) is -2.66. The van der Waals surface area contributed by atoms with E-state index in [0.717, 1.165) is 0 Å². The zero-order valence-corrected chi connectivity index (χ0v) is 13.6. The number of rotatable bonds is 0. The SMILES string of the molecule is C1CC1.[Cl-].[Cl-].[Pt+2].c1ccncc1.c1ccncc1. The minimum Gasteiger partial charge on any atom is -1.00 e. The number of pyridine rings is 2. The Balaban J connectivity index is -0.000000180. The summed E-state index contributed by atoms with van der Waals surface area (Å²) in [7, 11) is 0. The van der Waals surface area contributed by atoms with Crippen molar-refractivity contribution in [1.29, 1.82) is 0 Å². The van der Waals surface area contributed by atoms with Crippen LogP contribution in [0.1, 0.15) is 19.3 Å². The molecule has 3 rings (SSSR count). The molecule has 1 aliphatic rings. The molecule has 0 N–H and O–H groups in total. The number of hydrogen-bond donors (Lipinski definition) is 0. The predicted molar refractivity (Wildman–Crippen MR) is 62.3 cm³/mol. The van der Waals surface area contributed by atoms with E-state index in [4.69, 9.17) is 0 Å². The van der Waals surface area contributed by atoms with E-state index in [0.29, 0.717) is 0 Å². The maximum Gasteiger partial charge on any atom is 2.00 e. The number of nitrogens with zero attached hydrogens (tertiary/aromatic N) is 2. The van der Waals surface area contributed by atoms with Gasteiger partial charge in [-0.05, 0) is 24.3 Å². The van der Waals surface area contributed by atoms with Gasteiger partial charge in [-0.15, -0.1) is 0 Å². The fraction of sp³-hybridized carbons (Fsp3) is 0.231. The molecule has 18 heavy (non-hydrogen) atoms. The van der Waals surface area contributed by atoms with Crippen LogP contribution in [0.2, 0.25) is 0 Å². The monoisotopic (exact) mass is 465 g/mol. The van der Waals surface area contributed by atoms with Crippen molar-refractivity contribution < 1.29 is 45.9 Å². The van der Waals surface area contributed by atoms with Crippen LogP contribution in [0, 0.1) is 0 Å². The Morgan fingerprint density at radius 3 is 0.833 bits per heavy atom. The van der Waals surface area contributed by atoms with Gasteiger partial charge in [0.05, 0.1) is 0 Å². The topological polar surface area (TPSA) is 25.8 Å². The first kappa shape index (κ1) is 22.7. The molecule has 0 saturated heterocycles. The van der Waals surface area contributed by atoms with E-state index < -0.39 is 0 Å². The van der Waals surface area contributed by atoms with Crippen LogP contribution in [0.4, 0.5) is 0 Å². The summed E-state index contributed by atoms with van der Waals surface area (Å²) in [6, 6.07) is 11.4. The molecule has 0 amide bonds. The first-order chi connectivity index (χ1) is 7.50. The van der Waals surface area contributed by atoms with Crippen molar-refractivity contribution in [3.8, 4) is 0 Å². The maximum atomic E-state index is 3.78. The number of hydrogen-bond acceptors (Lipinski definition) is 2. The summed E-state index contributed by atoms with van der Waals surface area (Å²) in [5.41, 5.74) is 0. The van der Waals surface area contributed by atoms with Crippen molar-refractivity contribution >= 4 is 0 Å². The number of aromatic nitrogens is 2. The fourth-order valence-corrected chi connectivity index (χ4v) is 0.625. The van der Waals surface area contributed by atoms with Crippen molar-refractivity contribution in [2.45, 2.75) is 19.3 Å². The van der Waals surface area contributed by atoms with Crippen LogP contribution in [0.15, 0.2) is 61.2 Å². The second-order valence-electron chi connectivity index (χ2n) is 3.11. The van der Waals surface area contributed by atoms with E-state index in [1.165, 1.54) is 19.3 Å². The molecule has 0 unspecified atom stereocenters. The van der Waals surface area contributed by atoms with Crippen LogP contribution in [-0.4, -0.2) is 9.97 Å². The van der Waals surface area contributed by atoms with Crippen molar-refractivity contribution in [1.82, 2.24) is 9.97 Å². The van der Waals surface area contributed by atoms with Crippen LogP contribution < -0.4 is 24.8 Å². The van der Waals surface area contributed by atoms with Gasteiger partial charge in [-0.3, -0.25) is 9.97 Å². The Bertz CT molecular complexity index is 233. The van der Waals surface area contributed by atoms with Crippen LogP contribution in [0.3, 0.4) is 0 Å². The minimum atomic E-state index is 0. The molecule has 0 aliphatic heterocycles. The summed E-state index contributed by atoms with van der Waals surface area (Å²) in [5, 5.41) is 0. The normalized spacial score (nSPS) is 9.33. The molecule has 0 atom stereocenters. The molecular formula is C13H16Cl2N2Pt. The second-order valence-corrected chi connectivity index (χ2v) is 3.11. The smallest absolute Gasteiger partial charge is 1.00 e. The van der Waals surface area contributed by atoms with E-state index >= 15 is 0 Å². The zero-order chi connectivity index (χ0) is 10.6. The Morgan fingerprint density at radius 1 is 0.500 bits per heavy atom. The quantitative estimate of drug-likeness (QED) is 0.424. The number of halogens is 2. The van der Waals surface area contributed by atoms with E-state index in [1.54, 1.807) is 24.8 Å². The molecule has 2 aromatic heterocycles. The van der Waals surface area contributed by atoms with Crippen molar-refractivity contribution in [2.24, 2.45) is 0 Å². The van der Waals surface area contributed by atoms with Gasteiger partial charge in [0.2, 0.25) is 0 Å². The molecule has 0 bridgehead atoms. The average molecular weight is 466 g/mol. The summed E-state index contributed by atoms with van der Waals surface area (Å²) >= 11 is 0.